The lowest BCUT2D eigenvalue weighted by atomic mass is 10.0. The molecule has 1 atom stereocenters. The molecule has 0 aromatic heterocycles. The van der Waals surface area contributed by atoms with Gasteiger partial charge in [-0.1, -0.05) is 233 Å². The van der Waals surface area contributed by atoms with Crippen LogP contribution in [0.3, 0.4) is 0 Å². The minimum atomic E-state index is 0.638. The van der Waals surface area contributed by atoms with Crippen molar-refractivity contribution >= 4 is 0 Å². The summed E-state index contributed by atoms with van der Waals surface area (Å²) in [6.45, 7) is 9.50. The van der Waals surface area contributed by atoms with Gasteiger partial charge in [0.15, 0.2) is 0 Å². The summed E-state index contributed by atoms with van der Waals surface area (Å²) in [6, 6.07) is 0. The molecule has 1 unspecified atom stereocenters. The third kappa shape index (κ3) is 28.8. The number of unbranched alkanes of at least 4 members (excludes halogenated alkanes) is 33. The summed E-state index contributed by atoms with van der Waals surface area (Å²) < 4.78 is 0. The van der Waals surface area contributed by atoms with Crippen LogP contribution >= 0.6 is 0 Å². The molecule has 0 N–H and O–H groups in total. The highest BCUT2D eigenvalue weighted by Crippen LogP contribution is 2.24. The van der Waals surface area contributed by atoms with Gasteiger partial charge in [0.25, 0.3) is 0 Å². The van der Waals surface area contributed by atoms with E-state index in [1.807, 2.05) is 0 Å². The van der Waals surface area contributed by atoms with Gasteiger partial charge in [-0.3, -0.25) is 0 Å². The summed E-state index contributed by atoms with van der Waals surface area (Å²) >= 11 is 0. The lowest BCUT2D eigenvalue weighted by molar-refractivity contribution is 0.135. The van der Waals surface area contributed by atoms with Gasteiger partial charge in [-0.25, -0.2) is 0 Å². The molecule has 2 nitrogen and oxygen atoms in total. The van der Waals surface area contributed by atoms with Gasteiger partial charge in [0.05, 0.1) is 0 Å². The normalized spacial score (nSPS) is 14.7. The third-order valence-electron chi connectivity index (χ3n) is 11.1. The zero-order chi connectivity index (χ0) is 33.7. The van der Waals surface area contributed by atoms with Gasteiger partial charge >= 0.3 is 0 Å². The first-order valence-corrected chi connectivity index (χ1v) is 22.5. The highest BCUT2D eigenvalue weighted by atomic mass is 15.4. The van der Waals surface area contributed by atoms with Crippen LogP contribution in [0.25, 0.3) is 0 Å². The smallest absolute Gasteiger partial charge is 0.101 e. The van der Waals surface area contributed by atoms with Crippen molar-refractivity contribution in [3.05, 3.63) is 12.4 Å². The van der Waals surface area contributed by atoms with E-state index >= 15 is 0 Å². The Morgan fingerprint density at radius 1 is 0.277 bits per heavy atom. The summed E-state index contributed by atoms with van der Waals surface area (Å²) in [5.41, 5.74) is 0. The fourth-order valence-corrected chi connectivity index (χ4v) is 7.78. The van der Waals surface area contributed by atoms with E-state index in [4.69, 9.17) is 0 Å². The first kappa shape index (κ1) is 44.4. The van der Waals surface area contributed by atoms with Crippen LogP contribution < -0.4 is 0 Å². The molecule has 1 aliphatic rings. The zero-order valence-corrected chi connectivity index (χ0v) is 33.2. The van der Waals surface area contributed by atoms with Crippen LogP contribution in [-0.4, -0.2) is 29.1 Å². The summed E-state index contributed by atoms with van der Waals surface area (Å²) in [7, 11) is 0. The quantitative estimate of drug-likeness (QED) is 0.0606. The van der Waals surface area contributed by atoms with E-state index in [0.717, 1.165) is 0 Å². The second-order valence-electron chi connectivity index (χ2n) is 15.7. The van der Waals surface area contributed by atoms with Crippen molar-refractivity contribution in [3.8, 4) is 0 Å². The number of nitrogens with zero attached hydrogens (tertiary/aromatic N) is 2. The molecule has 1 rings (SSSR count). The average Bonchev–Trinajstić information content (AvgIpc) is 3.47. The van der Waals surface area contributed by atoms with Crippen LogP contribution in [0.5, 0.6) is 0 Å². The van der Waals surface area contributed by atoms with Crippen molar-refractivity contribution in [1.82, 2.24) is 9.80 Å². The maximum atomic E-state index is 2.71. The minimum absolute atomic E-state index is 0.638. The van der Waals surface area contributed by atoms with Crippen molar-refractivity contribution in [1.29, 1.82) is 0 Å². The Kier molecular flexibility index (Phi) is 34.6. The molecular formula is C45H90N2. The third-order valence-corrected chi connectivity index (χ3v) is 11.1. The molecule has 0 spiro atoms. The van der Waals surface area contributed by atoms with Crippen LogP contribution in [0.4, 0.5) is 0 Å². The summed E-state index contributed by atoms with van der Waals surface area (Å²) in [6.07, 6.45) is 58.9. The molecule has 1 aliphatic heterocycles. The maximum Gasteiger partial charge on any atom is 0.101 e. The van der Waals surface area contributed by atoms with E-state index in [9.17, 15) is 0 Å². The van der Waals surface area contributed by atoms with Crippen molar-refractivity contribution < 1.29 is 0 Å². The Bertz CT molecular complexity index is 615. The Morgan fingerprint density at radius 3 is 0.745 bits per heavy atom. The van der Waals surface area contributed by atoms with Crippen LogP contribution in [0.2, 0.25) is 0 Å². The van der Waals surface area contributed by atoms with Gasteiger partial charge in [-0.2, -0.15) is 0 Å². The molecule has 0 fully saturated rings. The Labute approximate surface area is 299 Å². The fourth-order valence-electron chi connectivity index (χ4n) is 7.78. The van der Waals surface area contributed by atoms with Crippen LogP contribution in [0, 0.1) is 0 Å². The standard InChI is InChI=1S/C45H90N2/c1-4-7-10-13-15-17-19-21-23-24-26-28-30-32-34-36-39-42-47-44-43-46(45(47)40-37-12-9-6-3)41-38-35-33-31-29-27-25-22-20-18-16-14-11-8-5-2/h43-45H,4-42H2,1-3H3. The van der Waals surface area contributed by atoms with Gasteiger partial charge in [-0.05, 0) is 25.7 Å². The summed E-state index contributed by atoms with van der Waals surface area (Å²) in [5, 5.41) is 0. The van der Waals surface area contributed by atoms with E-state index in [2.05, 4.69) is 43.0 Å². The molecule has 280 valence electrons. The van der Waals surface area contributed by atoms with Gasteiger partial charge in [-0.15, -0.1) is 0 Å². The Morgan fingerprint density at radius 2 is 0.489 bits per heavy atom. The summed E-state index contributed by atoms with van der Waals surface area (Å²) in [4.78, 5) is 5.42. The molecule has 0 amide bonds. The van der Waals surface area contributed by atoms with E-state index in [0.29, 0.717) is 6.17 Å². The van der Waals surface area contributed by atoms with Crippen molar-refractivity contribution in [2.45, 2.75) is 265 Å². The van der Waals surface area contributed by atoms with E-state index in [1.54, 1.807) is 0 Å². The fraction of sp³-hybridized carbons (Fsp3) is 0.956. The topological polar surface area (TPSA) is 6.48 Å². The van der Waals surface area contributed by atoms with E-state index in [-0.39, 0.29) is 0 Å². The molecule has 47 heavy (non-hydrogen) atoms. The van der Waals surface area contributed by atoms with Gasteiger partial charge < -0.3 is 9.80 Å². The lowest BCUT2D eigenvalue weighted by Crippen LogP contribution is -2.39. The molecule has 0 aliphatic carbocycles. The molecule has 1 heterocycles. The first-order chi connectivity index (χ1) is 23.3. The Balaban J connectivity index is 2.03. The number of hydrogen-bond acceptors (Lipinski definition) is 2. The van der Waals surface area contributed by atoms with Crippen molar-refractivity contribution in [2.24, 2.45) is 0 Å². The first-order valence-electron chi connectivity index (χ1n) is 22.5. The maximum absolute atomic E-state index is 2.71. The van der Waals surface area contributed by atoms with Crippen LogP contribution in [0.1, 0.15) is 258 Å². The molecule has 0 aromatic rings. The largest absolute Gasteiger partial charge is 0.356 e. The molecular weight excluding hydrogens is 569 g/mol. The number of hydrogen-bond donors (Lipinski definition) is 0. The Hall–Kier alpha value is -0.660. The molecule has 0 radical (unpaired) electrons. The average molecular weight is 659 g/mol. The predicted molar refractivity (Wildman–Crippen MR) is 214 cm³/mol. The van der Waals surface area contributed by atoms with E-state index < -0.39 is 0 Å². The molecule has 0 bridgehead atoms. The lowest BCUT2D eigenvalue weighted by Gasteiger charge is -2.33. The van der Waals surface area contributed by atoms with Crippen molar-refractivity contribution in [2.75, 3.05) is 13.1 Å². The second-order valence-corrected chi connectivity index (χ2v) is 15.7. The highest BCUT2D eigenvalue weighted by molar-refractivity contribution is 4.97. The highest BCUT2D eigenvalue weighted by Gasteiger charge is 2.24. The molecule has 2 heteroatoms. The summed E-state index contributed by atoms with van der Waals surface area (Å²) in [5.74, 6) is 0. The van der Waals surface area contributed by atoms with Gasteiger partial charge in [0.2, 0.25) is 0 Å². The van der Waals surface area contributed by atoms with Gasteiger partial charge in [0.1, 0.15) is 6.17 Å². The van der Waals surface area contributed by atoms with Crippen LogP contribution in [-0.2, 0) is 0 Å². The van der Waals surface area contributed by atoms with E-state index in [1.165, 1.54) is 251 Å². The number of rotatable bonds is 39. The van der Waals surface area contributed by atoms with Crippen LogP contribution in [0.15, 0.2) is 12.4 Å². The molecule has 0 saturated heterocycles. The predicted octanol–water partition coefficient (Wildman–Crippen LogP) is 15.9. The monoisotopic (exact) mass is 659 g/mol. The van der Waals surface area contributed by atoms with Crippen molar-refractivity contribution in [3.63, 3.8) is 0 Å². The second kappa shape index (κ2) is 36.6. The minimum Gasteiger partial charge on any atom is -0.356 e. The molecule has 0 aromatic carbocycles. The SMILES string of the molecule is CCCCCCCCCCCCCCCCCCCN1C=CN(CCCCCCCCCCCCCCCCC)C1CCCCCC. The zero-order valence-electron chi connectivity index (χ0n) is 33.2. The van der Waals surface area contributed by atoms with Gasteiger partial charge in [0, 0.05) is 25.5 Å². The molecule has 0 saturated carbocycles.